The molecule has 13 heteroatoms. The molecule has 4 heterocycles. The summed E-state index contributed by atoms with van der Waals surface area (Å²) in [4.78, 5) is 40.3. The molecule has 0 radical (unpaired) electrons. The van der Waals surface area contributed by atoms with Crippen LogP contribution < -0.4 is 20.4 Å². The number of halogens is 3. The van der Waals surface area contributed by atoms with Crippen LogP contribution in [-0.2, 0) is 14.3 Å². The number of ether oxygens (including phenoxy) is 1. The highest BCUT2D eigenvalue weighted by molar-refractivity contribution is 5.98. The van der Waals surface area contributed by atoms with E-state index in [0.717, 1.165) is 6.54 Å². The van der Waals surface area contributed by atoms with Crippen LogP contribution in [0.25, 0.3) is 11.1 Å². The van der Waals surface area contributed by atoms with E-state index in [1.165, 1.54) is 24.5 Å². The molecule has 2 amide bonds. The molecule has 42 heavy (non-hydrogen) atoms. The Morgan fingerprint density at radius 2 is 1.76 bits per heavy atom. The van der Waals surface area contributed by atoms with Gasteiger partial charge in [-0.3, -0.25) is 9.59 Å². The van der Waals surface area contributed by atoms with Crippen molar-refractivity contribution in [2.45, 2.75) is 51.9 Å². The molecular weight excluding hydrogens is 551 g/mol. The molecule has 2 unspecified atom stereocenters. The fourth-order valence-electron chi connectivity index (χ4n) is 5.96. The Labute approximate surface area is 243 Å². The molecule has 2 aromatic rings. The first-order chi connectivity index (χ1) is 20.0. The Kier molecular flexibility index (Phi) is 8.88. The van der Waals surface area contributed by atoms with E-state index in [4.69, 9.17) is 4.74 Å². The summed E-state index contributed by atoms with van der Waals surface area (Å²) in [5.74, 6) is -3.70. The van der Waals surface area contributed by atoms with Crippen molar-refractivity contribution in [1.82, 2.24) is 20.2 Å². The normalized spacial score (nSPS) is 27.2. The summed E-state index contributed by atoms with van der Waals surface area (Å²) >= 11 is 0. The Balaban J connectivity index is 1.46. The number of morpholine rings is 1. The summed E-state index contributed by atoms with van der Waals surface area (Å²) in [5.41, 5.74) is 1.36. The van der Waals surface area contributed by atoms with Crippen LogP contribution in [0.15, 0.2) is 24.5 Å². The van der Waals surface area contributed by atoms with E-state index in [-0.39, 0.29) is 30.4 Å². The molecule has 0 bridgehead atoms. The van der Waals surface area contributed by atoms with Crippen molar-refractivity contribution in [3.8, 4) is 11.1 Å². The third-order valence-corrected chi connectivity index (χ3v) is 8.41. The lowest BCUT2D eigenvalue weighted by atomic mass is 9.85. The van der Waals surface area contributed by atoms with Crippen LogP contribution in [0, 0.1) is 17.7 Å². The molecule has 228 valence electrons. The molecule has 3 aliphatic heterocycles. The van der Waals surface area contributed by atoms with Gasteiger partial charge in [-0.15, -0.1) is 0 Å². The van der Waals surface area contributed by atoms with Crippen molar-refractivity contribution in [3.63, 3.8) is 0 Å². The van der Waals surface area contributed by atoms with Crippen molar-refractivity contribution in [2.24, 2.45) is 11.8 Å². The lowest BCUT2D eigenvalue weighted by molar-refractivity contribution is -0.133. The highest BCUT2D eigenvalue weighted by atomic mass is 19.3. The quantitative estimate of drug-likeness (QED) is 0.531. The topological polar surface area (TPSA) is 103 Å². The first-order valence-electron chi connectivity index (χ1n) is 14.4. The van der Waals surface area contributed by atoms with Gasteiger partial charge < -0.3 is 30.1 Å². The van der Waals surface area contributed by atoms with Gasteiger partial charge in [-0.25, -0.2) is 23.1 Å². The third kappa shape index (κ3) is 6.46. The molecule has 0 saturated carbocycles. The Morgan fingerprint density at radius 3 is 2.40 bits per heavy atom. The second kappa shape index (κ2) is 12.4. The first kappa shape index (κ1) is 30.0. The maximum Gasteiger partial charge on any atom is 0.242 e. The molecule has 5 rings (SSSR count). The fourth-order valence-corrected chi connectivity index (χ4v) is 5.96. The van der Waals surface area contributed by atoms with Crippen LogP contribution in [-0.4, -0.2) is 97.7 Å². The standard InChI is InChI=1S/C29H38F3N7O3/c1-16-13-38(6-5-37(16)4)25-9-23(30)20(19-10-34-29(35-11-19)39-14-17(2)42-18(3)15-39)7-24(25)36-28(41)22-12-33-26(40)8-21(22)27(31)32/h7,9-11,16-18,21-22,27H,5-6,8,12-15H2,1-4H3,(H,33,40)(H,36,41)/t16-,17-,18+,21?,22?/m0/s1. The number of carbonyl (C=O) groups excluding carboxylic acids is 2. The summed E-state index contributed by atoms with van der Waals surface area (Å²) in [6.07, 6.45) is -0.143. The summed E-state index contributed by atoms with van der Waals surface area (Å²) in [5, 5.41) is 5.32. The molecule has 3 fully saturated rings. The van der Waals surface area contributed by atoms with E-state index in [0.29, 0.717) is 49.1 Å². The van der Waals surface area contributed by atoms with Gasteiger partial charge in [0.2, 0.25) is 24.2 Å². The number of nitrogens with zero attached hydrogens (tertiary/aromatic N) is 5. The molecule has 3 aliphatic rings. The molecular formula is C29H38F3N7O3. The van der Waals surface area contributed by atoms with Crippen molar-refractivity contribution >= 4 is 29.1 Å². The number of carbonyl (C=O) groups is 2. The van der Waals surface area contributed by atoms with Crippen molar-refractivity contribution < 1.29 is 27.5 Å². The monoisotopic (exact) mass is 589 g/mol. The Hall–Kier alpha value is -3.45. The SMILES string of the molecule is C[C@@H]1CN(c2ncc(-c3cc(NC(=O)C4CNC(=O)CC4C(F)F)c(N4CCN(C)[C@@H](C)C4)cc3F)cn2)C[C@H](C)O1. The molecule has 2 N–H and O–H groups in total. The number of benzene rings is 1. The number of alkyl halides is 2. The van der Waals surface area contributed by atoms with E-state index in [9.17, 15) is 18.4 Å². The molecule has 3 saturated heterocycles. The molecule has 0 spiro atoms. The number of anilines is 3. The van der Waals surface area contributed by atoms with E-state index in [2.05, 4.69) is 32.4 Å². The highest BCUT2D eigenvalue weighted by Crippen LogP contribution is 2.36. The number of hydrogen-bond acceptors (Lipinski definition) is 8. The molecule has 1 aromatic carbocycles. The van der Waals surface area contributed by atoms with Crippen LogP contribution in [0.1, 0.15) is 27.2 Å². The van der Waals surface area contributed by atoms with Gasteiger partial charge in [0.15, 0.2) is 0 Å². The zero-order chi connectivity index (χ0) is 30.1. The number of piperidine rings is 1. The number of likely N-dealkylation sites (N-methyl/N-ethyl adjacent to an activating group) is 1. The predicted octanol–water partition coefficient (Wildman–Crippen LogP) is 2.99. The maximum absolute atomic E-state index is 15.7. The van der Waals surface area contributed by atoms with Gasteiger partial charge in [0.1, 0.15) is 5.82 Å². The van der Waals surface area contributed by atoms with Crippen LogP contribution in [0.4, 0.5) is 30.5 Å². The summed E-state index contributed by atoms with van der Waals surface area (Å²) < 4.78 is 49.1. The molecule has 10 nitrogen and oxygen atoms in total. The minimum absolute atomic E-state index is 0.0210. The predicted molar refractivity (Wildman–Crippen MR) is 153 cm³/mol. The van der Waals surface area contributed by atoms with Gasteiger partial charge in [0.05, 0.1) is 29.5 Å². The number of aromatic nitrogens is 2. The molecule has 1 aromatic heterocycles. The van der Waals surface area contributed by atoms with E-state index in [1.807, 2.05) is 30.7 Å². The van der Waals surface area contributed by atoms with Gasteiger partial charge in [0, 0.05) is 81.2 Å². The maximum atomic E-state index is 15.7. The second-order valence-electron chi connectivity index (χ2n) is 11.7. The minimum Gasteiger partial charge on any atom is -0.372 e. The number of piperazine rings is 1. The Bertz CT molecular complexity index is 1290. The number of amides is 2. The smallest absolute Gasteiger partial charge is 0.242 e. The summed E-state index contributed by atoms with van der Waals surface area (Å²) in [7, 11) is 2.01. The average molecular weight is 590 g/mol. The van der Waals surface area contributed by atoms with Gasteiger partial charge in [-0.05, 0) is 40.0 Å². The van der Waals surface area contributed by atoms with Gasteiger partial charge >= 0.3 is 0 Å². The third-order valence-electron chi connectivity index (χ3n) is 8.41. The largest absolute Gasteiger partial charge is 0.372 e. The van der Waals surface area contributed by atoms with E-state index in [1.54, 1.807) is 0 Å². The molecule has 5 atom stereocenters. The fraction of sp³-hybridized carbons (Fsp3) is 0.586. The lowest BCUT2D eigenvalue weighted by Crippen LogP contribution is -2.50. The number of rotatable bonds is 6. The van der Waals surface area contributed by atoms with Gasteiger partial charge in [0.25, 0.3) is 0 Å². The number of nitrogens with one attached hydrogen (secondary N) is 2. The molecule has 0 aliphatic carbocycles. The second-order valence-corrected chi connectivity index (χ2v) is 11.7. The minimum atomic E-state index is -2.83. The zero-order valence-corrected chi connectivity index (χ0v) is 24.3. The Morgan fingerprint density at radius 1 is 1.07 bits per heavy atom. The van der Waals surface area contributed by atoms with Crippen molar-refractivity contribution in [2.75, 3.05) is 61.4 Å². The van der Waals surface area contributed by atoms with Gasteiger partial charge in [-0.1, -0.05) is 0 Å². The van der Waals surface area contributed by atoms with E-state index >= 15 is 4.39 Å². The summed E-state index contributed by atoms with van der Waals surface area (Å²) in [6.45, 7) is 9.01. The van der Waals surface area contributed by atoms with Crippen LogP contribution in [0.2, 0.25) is 0 Å². The number of hydrogen-bond donors (Lipinski definition) is 2. The summed E-state index contributed by atoms with van der Waals surface area (Å²) in [6, 6.07) is 3.06. The van der Waals surface area contributed by atoms with Crippen molar-refractivity contribution in [3.05, 3.63) is 30.3 Å². The van der Waals surface area contributed by atoms with Crippen LogP contribution in [0.5, 0.6) is 0 Å². The average Bonchev–Trinajstić information content (AvgIpc) is 2.94. The zero-order valence-electron chi connectivity index (χ0n) is 24.3. The lowest BCUT2D eigenvalue weighted by Gasteiger charge is -2.40. The highest BCUT2D eigenvalue weighted by Gasteiger charge is 2.40. The van der Waals surface area contributed by atoms with Crippen LogP contribution in [0.3, 0.4) is 0 Å². The first-order valence-corrected chi connectivity index (χ1v) is 14.4. The van der Waals surface area contributed by atoms with Crippen LogP contribution >= 0.6 is 0 Å². The van der Waals surface area contributed by atoms with E-state index < -0.39 is 42.3 Å². The van der Waals surface area contributed by atoms with Crippen molar-refractivity contribution in [1.29, 1.82) is 0 Å². The van der Waals surface area contributed by atoms with Gasteiger partial charge in [-0.2, -0.15) is 0 Å².